The van der Waals surface area contributed by atoms with Gasteiger partial charge in [0.05, 0.1) is 41.9 Å². The van der Waals surface area contributed by atoms with Crippen molar-refractivity contribution in [2.24, 2.45) is 0 Å². The molecule has 16 heteroatoms. The first-order valence-electron chi connectivity index (χ1n) is 44.8. The molecule has 0 N–H and O–H groups in total. The Morgan fingerprint density at radius 2 is 0.622 bits per heavy atom. The zero-order valence-electron chi connectivity index (χ0n) is 73.7. The number of rotatable bonds is 7. The van der Waals surface area contributed by atoms with Crippen molar-refractivity contribution in [2.75, 3.05) is 0 Å². The van der Waals surface area contributed by atoms with Crippen LogP contribution in [0.3, 0.4) is 0 Å². The van der Waals surface area contributed by atoms with Crippen LogP contribution in [-0.4, -0.2) is 28.2 Å². The van der Waals surface area contributed by atoms with Gasteiger partial charge in [-0.25, -0.2) is 0 Å². The topological polar surface area (TPSA) is 157 Å². The van der Waals surface area contributed by atoms with E-state index in [1.54, 1.807) is 24.3 Å². The zero-order valence-corrected chi connectivity index (χ0v) is 77.8. The van der Waals surface area contributed by atoms with E-state index < -0.39 is 7.92 Å². The van der Waals surface area contributed by atoms with Gasteiger partial charge in [0.1, 0.15) is 44.7 Å². The van der Waals surface area contributed by atoms with Crippen molar-refractivity contribution in [3.8, 4) is 22.3 Å². The molecule has 0 saturated carbocycles. The average Bonchev–Trinajstić information content (AvgIpc) is 1.59. The number of nitro benzene ring substituents is 2. The molecule has 0 bridgehead atoms. The Morgan fingerprint density at radius 3 is 1.07 bits per heavy atom. The summed E-state index contributed by atoms with van der Waals surface area (Å²) in [7, 11) is -0.826. The summed E-state index contributed by atoms with van der Waals surface area (Å²) in [6.07, 6.45) is 0.988. The summed E-state index contributed by atoms with van der Waals surface area (Å²) in [6.45, 7) is 8.27. The molecule has 135 heavy (non-hydrogen) atoms. The minimum Gasteiger partial charge on any atom is -0.455 e. The summed E-state index contributed by atoms with van der Waals surface area (Å²) in [5, 5.41) is 51.0. The SMILES string of the molecule is Brc1ccc2c(c1)oc1c3ccccc3ccc21.CC1(C)OB(c2ccc3c(c2)oc2c4ccccc4ccc32)OC1(C)C.O=[N+]([O-])c1c(-c2ccc3c(c2)oc2c4ccccc4ccc32)ccc2ccccc12.O=[N+]([O-])c1c(Br)ccc2ccccc12.c1ccc(P(c2ccccc2)c2ccccc2)cc1.c1ccc2c3c(ccc2c1)-c1cc2oc4c5ccccc5ccc4c2cc1C3. The lowest BCUT2D eigenvalue weighted by Crippen LogP contribution is -2.41. The fourth-order valence-corrected chi connectivity index (χ4v) is 22.2. The van der Waals surface area contributed by atoms with Gasteiger partial charge in [0, 0.05) is 69.1 Å². The third kappa shape index (κ3) is 16.0. The van der Waals surface area contributed by atoms with Gasteiger partial charge in [-0.3, -0.25) is 20.2 Å². The van der Waals surface area contributed by atoms with Gasteiger partial charge in [-0.2, -0.15) is 0 Å². The Bertz CT molecular complexity index is 8900. The molecule has 1 aliphatic heterocycles. The summed E-state index contributed by atoms with van der Waals surface area (Å²) in [5.74, 6) is 0. The number of halogens is 2. The first-order valence-corrected chi connectivity index (χ1v) is 47.7. The van der Waals surface area contributed by atoms with E-state index in [-0.39, 0.29) is 39.5 Å². The van der Waals surface area contributed by atoms with E-state index in [1.807, 2.05) is 121 Å². The average molecular weight is 1900 g/mol. The number of hydrogen-bond acceptors (Lipinski definition) is 10. The van der Waals surface area contributed by atoms with Gasteiger partial charge >= 0.3 is 7.12 Å². The number of furan rings is 4. The number of fused-ring (bicyclic) bond motifs is 27. The quantitative estimate of drug-likeness (QED) is 0.0651. The molecule has 1 saturated heterocycles. The van der Waals surface area contributed by atoms with Crippen molar-refractivity contribution in [3.63, 3.8) is 0 Å². The van der Waals surface area contributed by atoms with Gasteiger partial charge in [0.2, 0.25) is 0 Å². The monoisotopic (exact) mass is 1900 g/mol. The molecule has 0 spiro atoms. The maximum atomic E-state index is 11.9. The van der Waals surface area contributed by atoms with Crippen LogP contribution < -0.4 is 21.4 Å². The first-order chi connectivity index (χ1) is 65.9. The van der Waals surface area contributed by atoms with E-state index in [1.165, 1.54) is 97.4 Å². The molecule has 650 valence electrons. The third-order valence-electron chi connectivity index (χ3n) is 26.4. The van der Waals surface area contributed by atoms with Gasteiger partial charge in [0.25, 0.3) is 11.4 Å². The second-order valence-corrected chi connectivity index (χ2v) is 38.9. The summed E-state index contributed by atoms with van der Waals surface area (Å²) in [5.41, 5.74) is 14.6. The molecule has 5 heterocycles. The Balaban J connectivity index is 0.0000000957. The number of nitro groups is 2. The van der Waals surface area contributed by atoms with Crippen LogP contribution in [0.4, 0.5) is 11.4 Å². The van der Waals surface area contributed by atoms with Crippen molar-refractivity contribution >= 4 is 243 Å². The third-order valence-corrected chi connectivity index (χ3v) is 29.9. The van der Waals surface area contributed by atoms with E-state index in [9.17, 15) is 20.2 Å². The fourth-order valence-electron chi connectivity index (χ4n) is 19.0. The number of nitrogens with zero attached hydrogens (tertiary/aromatic N) is 2. The van der Waals surface area contributed by atoms with Crippen molar-refractivity contribution in [2.45, 2.75) is 45.3 Å². The van der Waals surface area contributed by atoms with Crippen LogP contribution in [-0.2, 0) is 15.7 Å². The Kier molecular flexibility index (Phi) is 22.4. The molecule has 1 aliphatic carbocycles. The van der Waals surface area contributed by atoms with Crippen molar-refractivity contribution < 1.29 is 36.8 Å². The summed E-state index contributed by atoms with van der Waals surface area (Å²) in [6, 6.07) is 141. The zero-order chi connectivity index (χ0) is 91.7. The van der Waals surface area contributed by atoms with Gasteiger partial charge in [-0.1, -0.05) is 331 Å². The second-order valence-electron chi connectivity index (χ2n) is 34.9. The predicted octanol–water partition coefficient (Wildman–Crippen LogP) is 32.4. The van der Waals surface area contributed by atoms with E-state index in [0.717, 1.165) is 115 Å². The smallest absolute Gasteiger partial charge is 0.455 e. The fraction of sp³-hybridized carbons (Fsp3) is 0.0588. The lowest BCUT2D eigenvalue weighted by molar-refractivity contribution is -0.383. The highest BCUT2D eigenvalue weighted by Gasteiger charge is 2.52. The van der Waals surface area contributed by atoms with Crippen molar-refractivity contribution in [1.82, 2.24) is 0 Å². The van der Waals surface area contributed by atoms with Crippen LogP contribution in [0.2, 0.25) is 0 Å². The van der Waals surface area contributed by atoms with Crippen molar-refractivity contribution in [1.29, 1.82) is 0 Å². The largest absolute Gasteiger partial charge is 0.494 e. The van der Waals surface area contributed by atoms with E-state index in [2.05, 4.69) is 326 Å². The molecule has 0 amide bonds. The lowest BCUT2D eigenvalue weighted by atomic mass is 9.79. The van der Waals surface area contributed by atoms with Crippen LogP contribution >= 0.6 is 39.8 Å². The highest BCUT2D eigenvalue weighted by molar-refractivity contribution is 9.10. The van der Waals surface area contributed by atoms with Crippen LogP contribution in [0.15, 0.2) is 439 Å². The molecule has 0 radical (unpaired) electrons. The Morgan fingerprint density at radius 1 is 0.289 bits per heavy atom. The second kappa shape index (κ2) is 35.4. The molecular weight excluding hydrogens is 1820 g/mol. The molecule has 0 unspecified atom stereocenters. The normalized spacial score (nSPS) is 13.0. The highest BCUT2D eigenvalue weighted by Crippen LogP contribution is 2.48. The maximum Gasteiger partial charge on any atom is 0.494 e. The highest BCUT2D eigenvalue weighted by atomic mass is 79.9. The predicted molar refractivity (Wildman–Crippen MR) is 567 cm³/mol. The van der Waals surface area contributed by atoms with E-state index in [4.69, 9.17) is 27.0 Å². The Hall–Kier alpha value is -15.2. The minimum absolute atomic E-state index is 0.119. The minimum atomic E-state index is -0.446. The van der Waals surface area contributed by atoms with E-state index in [0.29, 0.717) is 20.8 Å². The molecule has 25 aromatic rings. The molecular formula is C119H82BBr2N2O10P. The summed E-state index contributed by atoms with van der Waals surface area (Å²) in [4.78, 5) is 22.1. The van der Waals surface area contributed by atoms with Gasteiger partial charge in [-0.05, 0) is 247 Å². The maximum absolute atomic E-state index is 11.9. The number of hydrogen-bond donors (Lipinski definition) is 0. The van der Waals surface area contributed by atoms with Crippen LogP contribution in [0.1, 0.15) is 38.8 Å². The van der Waals surface area contributed by atoms with Crippen LogP contribution in [0, 0.1) is 20.2 Å². The van der Waals surface area contributed by atoms with Crippen LogP contribution in [0.25, 0.3) is 185 Å². The molecule has 2 aliphatic rings. The molecule has 21 aromatic carbocycles. The van der Waals surface area contributed by atoms with Gasteiger partial charge < -0.3 is 27.0 Å². The van der Waals surface area contributed by atoms with E-state index >= 15 is 0 Å². The molecule has 0 atom stereocenters. The van der Waals surface area contributed by atoms with Gasteiger partial charge in [0.15, 0.2) is 0 Å². The van der Waals surface area contributed by atoms with Gasteiger partial charge in [-0.15, -0.1) is 0 Å². The van der Waals surface area contributed by atoms with Crippen molar-refractivity contribution in [3.05, 3.63) is 453 Å². The lowest BCUT2D eigenvalue weighted by Gasteiger charge is -2.32. The molecule has 27 rings (SSSR count). The number of benzene rings is 21. The molecule has 4 aromatic heterocycles. The summed E-state index contributed by atoms with van der Waals surface area (Å²) >= 11 is 6.66. The Labute approximate surface area is 794 Å². The van der Waals surface area contributed by atoms with Crippen LogP contribution in [0.5, 0.6) is 0 Å². The summed E-state index contributed by atoms with van der Waals surface area (Å²) < 4.78 is 38.8. The molecule has 12 nitrogen and oxygen atoms in total. The standard InChI is InChI=1S/C27H16O.C26H15NO3.C22H21BO3.C18H15P.C16H9BrO.C10H6BrNO2/c1-3-7-19-16(5-1)9-11-21-23-15-26-25(14-18(23)13-24(19)21)22-12-10-17-6-2-4-8-20(17)27(22)28-26;28-27(29)25-19-7-3-1-5-16(19)9-12-20(25)18-11-13-22-23-14-10-17-6-2-4-8-21(17)26(23)30-24(22)15-18;1-21(2)22(3,4)26-23(25-21)15-10-12-17-18-11-9-14-7-5-6-8-16(14)20(18)24-19(17)13-15;1-4-10-16(11-5-1)19(17-12-6-2-7-13-17)18-14-8-3-9-15-18;17-11-6-8-13-14-7-5-10-3-1-2-4-12(10)16(14)18-15(13)9-11;11-9-6-5-7-3-1-2-4-8(7)10(9)12(13)14/h1-12,14-15H,13H2;1-15H;5-13H,1-4H3;1-15H;1-9H;1-6H. The molecule has 1 fully saturated rings. The first kappa shape index (κ1) is 85.3.